The lowest BCUT2D eigenvalue weighted by molar-refractivity contribution is 0.0989. The summed E-state index contributed by atoms with van der Waals surface area (Å²) in [7, 11) is -3.72. The van der Waals surface area contributed by atoms with E-state index in [4.69, 9.17) is 11.6 Å². The average Bonchev–Trinajstić information content (AvgIpc) is 3.11. The van der Waals surface area contributed by atoms with Crippen LogP contribution in [0, 0.1) is 0 Å². The maximum absolute atomic E-state index is 12.7. The van der Waals surface area contributed by atoms with Crippen molar-refractivity contribution in [3.05, 3.63) is 83.1 Å². The third-order valence-electron chi connectivity index (χ3n) is 4.50. The van der Waals surface area contributed by atoms with Crippen LogP contribution in [0.15, 0.2) is 71.9 Å². The van der Waals surface area contributed by atoms with Gasteiger partial charge in [0.05, 0.1) is 10.5 Å². The minimum absolute atomic E-state index is 0.124. The number of nitrogens with one attached hydrogen (secondary N) is 1. The molecule has 6 nitrogen and oxygen atoms in total. The lowest BCUT2D eigenvalue weighted by atomic mass is 10.1. The summed E-state index contributed by atoms with van der Waals surface area (Å²) >= 11 is 5.82. The summed E-state index contributed by atoms with van der Waals surface area (Å²) in [6.45, 7) is 0.538. The molecule has 0 fully saturated rings. The second-order valence-electron chi connectivity index (χ2n) is 6.35. The van der Waals surface area contributed by atoms with Crippen LogP contribution in [-0.2, 0) is 16.4 Å². The number of carbonyl (C=O) groups is 1. The second kappa shape index (κ2) is 7.26. The van der Waals surface area contributed by atoms with E-state index in [1.165, 1.54) is 30.5 Å². The molecule has 28 heavy (non-hydrogen) atoms. The standard InChI is InChI=1S/C20H16ClN3O3S/c21-16-3-6-18(7-4-16)28(26,27)23-17-5-8-19-14(12-17)9-11-24(19)20(25)15-2-1-10-22-13-15/h1-8,10,12-13,23H,9,11H2. The van der Waals surface area contributed by atoms with Gasteiger partial charge in [-0.2, -0.15) is 0 Å². The van der Waals surface area contributed by atoms with E-state index >= 15 is 0 Å². The van der Waals surface area contributed by atoms with Gasteiger partial charge in [-0.3, -0.25) is 14.5 Å². The Labute approximate surface area is 167 Å². The molecule has 1 N–H and O–H groups in total. The van der Waals surface area contributed by atoms with Gasteiger partial charge in [0.1, 0.15) is 0 Å². The zero-order valence-corrected chi connectivity index (χ0v) is 16.2. The number of hydrogen-bond donors (Lipinski definition) is 1. The van der Waals surface area contributed by atoms with Crippen molar-refractivity contribution < 1.29 is 13.2 Å². The molecule has 0 unspecified atom stereocenters. The Morgan fingerprint density at radius 1 is 1.11 bits per heavy atom. The molecule has 0 atom stereocenters. The minimum Gasteiger partial charge on any atom is -0.308 e. The fourth-order valence-corrected chi connectivity index (χ4v) is 4.32. The van der Waals surface area contributed by atoms with Gasteiger partial charge in [-0.05, 0) is 66.6 Å². The Kier molecular flexibility index (Phi) is 4.78. The van der Waals surface area contributed by atoms with Gasteiger partial charge >= 0.3 is 0 Å². The smallest absolute Gasteiger partial charge is 0.261 e. The van der Waals surface area contributed by atoms with Crippen molar-refractivity contribution in [1.82, 2.24) is 4.98 Å². The molecule has 8 heteroatoms. The van der Waals surface area contributed by atoms with Crippen LogP contribution in [0.1, 0.15) is 15.9 Å². The summed E-state index contributed by atoms with van der Waals surface area (Å²) in [6.07, 6.45) is 3.81. The van der Waals surface area contributed by atoms with E-state index in [2.05, 4.69) is 9.71 Å². The number of halogens is 1. The first-order valence-electron chi connectivity index (χ1n) is 8.57. The molecule has 1 aliphatic heterocycles. The molecule has 3 aromatic rings. The summed E-state index contributed by atoms with van der Waals surface area (Å²) in [6, 6.07) is 14.6. The predicted molar refractivity (Wildman–Crippen MR) is 108 cm³/mol. The number of amides is 1. The maximum Gasteiger partial charge on any atom is 0.261 e. The Hall–Kier alpha value is -2.90. The number of sulfonamides is 1. The summed E-state index contributed by atoms with van der Waals surface area (Å²) in [4.78, 5) is 18.5. The van der Waals surface area contributed by atoms with E-state index in [-0.39, 0.29) is 10.8 Å². The number of rotatable bonds is 4. The van der Waals surface area contributed by atoms with Gasteiger partial charge in [-0.15, -0.1) is 0 Å². The highest BCUT2D eigenvalue weighted by Gasteiger charge is 2.26. The van der Waals surface area contributed by atoms with E-state index < -0.39 is 10.0 Å². The van der Waals surface area contributed by atoms with Gasteiger partial charge in [0, 0.05) is 35.3 Å². The van der Waals surface area contributed by atoms with Crippen LogP contribution in [0.2, 0.25) is 5.02 Å². The molecule has 4 rings (SSSR count). The topological polar surface area (TPSA) is 79.4 Å². The molecule has 0 spiro atoms. The monoisotopic (exact) mass is 413 g/mol. The Morgan fingerprint density at radius 3 is 2.61 bits per heavy atom. The second-order valence-corrected chi connectivity index (χ2v) is 8.47. The van der Waals surface area contributed by atoms with Gasteiger partial charge in [0.15, 0.2) is 0 Å². The SMILES string of the molecule is O=C(c1cccnc1)N1CCc2cc(NS(=O)(=O)c3ccc(Cl)cc3)ccc21. The molecule has 1 aromatic heterocycles. The fraction of sp³-hybridized carbons (Fsp3) is 0.100. The van der Waals surface area contributed by atoms with Crippen molar-refractivity contribution in [3.63, 3.8) is 0 Å². The van der Waals surface area contributed by atoms with Crippen LogP contribution >= 0.6 is 11.6 Å². The van der Waals surface area contributed by atoms with Gasteiger partial charge in [0.25, 0.3) is 15.9 Å². The normalized spacial score (nSPS) is 13.2. The number of fused-ring (bicyclic) bond motifs is 1. The molecule has 0 radical (unpaired) electrons. The molecule has 2 heterocycles. The van der Waals surface area contributed by atoms with Gasteiger partial charge in [-0.1, -0.05) is 11.6 Å². The summed E-state index contributed by atoms with van der Waals surface area (Å²) in [5.41, 5.74) is 2.66. The number of hydrogen-bond acceptors (Lipinski definition) is 4. The Balaban J connectivity index is 1.57. The maximum atomic E-state index is 12.7. The fourth-order valence-electron chi connectivity index (χ4n) is 3.15. The summed E-state index contributed by atoms with van der Waals surface area (Å²) in [5.74, 6) is -0.124. The van der Waals surface area contributed by atoms with Crippen molar-refractivity contribution in [3.8, 4) is 0 Å². The van der Waals surface area contributed by atoms with Crippen molar-refractivity contribution in [1.29, 1.82) is 0 Å². The molecule has 1 amide bonds. The van der Waals surface area contributed by atoms with Gasteiger partial charge < -0.3 is 4.90 Å². The van der Waals surface area contributed by atoms with Crippen LogP contribution in [-0.4, -0.2) is 25.9 Å². The van der Waals surface area contributed by atoms with Crippen molar-refractivity contribution >= 4 is 38.9 Å². The third kappa shape index (κ3) is 3.58. The minimum atomic E-state index is -3.72. The van der Waals surface area contributed by atoms with Crippen molar-refractivity contribution in [2.45, 2.75) is 11.3 Å². The van der Waals surface area contributed by atoms with E-state index in [1.54, 1.807) is 41.4 Å². The first-order chi connectivity index (χ1) is 13.4. The van der Waals surface area contributed by atoms with Gasteiger partial charge in [0.2, 0.25) is 0 Å². The summed E-state index contributed by atoms with van der Waals surface area (Å²) < 4.78 is 27.7. The molecule has 0 aliphatic carbocycles. The van der Waals surface area contributed by atoms with Gasteiger partial charge in [-0.25, -0.2) is 8.42 Å². The number of benzene rings is 2. The molecule has 0 saturated heterocycles. The first kappa shape index (κ1) is 18.5. The van der Waals surface area contributed by atoms with Crippen molar-refractivity contribution in [2.24, 2.45) is 0 Å². The molecule has 1 aliphatic rings. The first-order valence-corrected chi connectivity index (χ1v) is 10.4. The predicted octanol–water partition coefficient (Wildman–Crippen LogP) is 3.74. The molecule has 2 aromatic carbocycles. The Bertz CT molecular complexity index is 1130. The molecule has 0 saturated carbocycles. The number of anilines is 2. The highest BCUT2D eigenvalue weighted by atomic mass is 35.5. The third-order valence-corrected chi connectivity index (χ3v) is 6.15. The summed E-state index contributed by atoms with van der Waals surface area (Å²) in [5, 5.41) is 0.467. The van der Waals surface area contributed by atoms with Crippen LogP contribution in [0.3, 0.4) is 0 Å². The molecular formula is C20H16ClN3O3S. The number of carbonyl (C=O) groups excluding carboxylic acids is 1. The quantitative estimate of drug-likeness (QED) is 0.706. The highest BCUT2D eigenvalue weighted by Crippen LogP contribution is 2.32. The van der Waals surface area contributed by atoms with E-state index in [0.29, 0.717) is 29.2 Å². The van der Waals surface area contributed by atoms with Crippen LogP contribution < -0.4 is 9.62 Å². The zero-order valence-electron chi connectivity index (χ0n) is 14.7. The molecular weight excluding hydrogens is 398 g/mol. The molecule has 142 valence electrons. The van der Waals surface area contributed by atoms with Crippen LogP contribution in [0.25, 0.3) is 0 Å². The average molecular weight is 414 g/mol. The Morgan fingerprint density at radius 2 is 1.89 bits per heavy atom. The molecule has 0 bridgehead atoms. The van der Waals surface area contributed by atoms with E-state index in [0.717, 1.165) is 11.3 Å². The largest absolute Gasteiger partial charge is 0.308 e. The van der Waals surface area contributed by atoms with E-state index in [9.17, 15) is 13.2 Å². The van der Waals surface area contributed by atoms with E-state index in [1.807, 2.05) is 0 Å². The van der Waals surface area contributed by atoms with Crippen LogP contribution in [0.4, 0.5) is 11.4 Å². The van der Waals surface area contributed by atoms with Crippen LogP contribution in [0.5, 0.6) is 0 Å². The zero-order chi connectivity index (χ0) is 19.7. The number of pyridine rings is 1. The number of aromatic nitrogens is 1. The van der Waals surface area contributed by atoms with Crippen molar-refractivity contribution in [2.75, 3.05) is 16.2 Å². The highest BCUT2D eigenvalue weighted by molar-refractivity contribution is 7.92. The number of nitrogens with zero attached hydrogens (tertiary/aromatic N) is 2. The lowest BCUT2D eigenvalue weighted by Gasteiger charge is -2.17. The lowest BCUT2D eigenvalue weighted by Crippen LogP contribution is -2.28.